The summed E-state index contributed by atoms with van der Waals surface area (Å²) in [5.41, 5.74) is 2.60. The largest absolute Gasteiger partial charge is 0.487 e. The molecule has 2 nitrogen and oxygen atoms in total. The lowest BCUT2D eigenvalue weighted by Gasteiger charge is -2.14. The van der Waals surface area contributed by atoms with E-state index in [-0.39, 0.29) is 23.0 Å². The third-order valence-electron chi connectivity index (χ3n) is 6.94. The van der Waals surface area contributed by atoms with E-state index in [0.717, 1.165) is 44.1 Å². The van der Waals surface area contributed by atoms with Gasteiger partial charge < -0.3 is 9.15 Å². The van der Waals surface area contributed by atoms with Gasteiger partial charge in [-0.3, -0.25) is 0 Å². The standard InChI is InChI=1S/C29H30F2O2/c1-3-5-18-7-10-20(11-8-18)22-13-14-23-24-15-16-25(27(31)29(24)33-28(23)26(22)30)32-21-12-9-19(17-21)6-4-2/h7-8,10-11,13-16,19,21H,3-6,9,12,17H2,1-2H3. The number of halogens is 2. The molecule has 0 aliphatic heterocycles. The van der Waals surface area contributed by atoms with Crippen LogP contribution in [0.3, 0.4) is 0 Å². The number of rotatable bonds is 7. The van der Waals surface area contributed by atoms with Crippen molar-refractivity contribution in [3.8, 4) is 16.9 Å². The van der Waals surface area contributed by atoms with E-state index in [1.807, 2.05) is 30.3 Å². The van der Waals surface area contributed by atoms with Gasteiger partial charge in [0.2, 0.25) is 5.82 Å². The monoisotopic (exact) mass is 448 g/mol. The Morgan fingerprint density at radius 2 is 1.58 bits per heavy atom. The van der Waals surface area contributed by atoms with Gasteiger partial charge in [0.25, 0.3) is 0 Å². The van der Waals surface area contributed by atoms with Crippen LogP contribution in [-0.2, 0) is 6.42 Å². The third-order valence-corrected chi connectivity index (χ3v) is 6.94. The lowest BCUT2D eigenvalue weighted by molar-refractivity contribution is 0.194. The Labute approximate surface area is 193 Å². The number of hydrogen-bond donors (Lipinski definition) is 0. The smallest absolute Gasteiger partial charge is 0.208 e. The summed E-state index contributed by atoms with van der Waals surface area (Å²) < 4.78 is 42.6. The minimum atomic E-state index is -0.549. The van der Waals surface area contributed by atoms with Crippen molar-refractivity contribution in [1.29, 1.82) is 0 Å². The van der Waals surface area contributed by atoms with Crippen LogP contribution < -0.4 is 4.74 Å². The number of hydrogen-bond acceptors (Lipinski definition) is 2. The average molecular weight is 449 g/mol. The summed E-state index contributed by atoms with van der Waals surface area (Å²) in [5, 5.41) is 1.14. The van der Waals surface area contributed by atoms with Gasteiger partial charge in [-0.2, -0.15) is 4.39 Å². The maximum Gasteiger partial charge on any atom is 0.208 e. The van der Waals surface area contributed by atoms with E-state index >= 15 is 8.78 Å². The summed E-state index contributed by atoms with van der Waals surface area (Å²) in [6, 6.07) is 14.9. The van der Waals surface area contributed by atoms with Gasteiger partial charge in [-0.05, 0) is 60.9 Å². The van der Waals surface area contributed by atoms with Gasteiger partial charge in [0.15, 0.2) is 22.7 Å². The summed E-state index contributed by atoms with van der Waals surface area (Å²) in [7, 11) is 0. The van der Waals surface area contributed by atoms with Gasteiger partial charge in [0, 0.05) is 16.3 Å². The van der Waals surface area contributed by atoms with Gasteiger partial charge in [0.1, 0.15) is 0 Å². The van der Waals surface area contributed by atoms with Crippen molar-refractivity contribution < 1.29 is 17.9 Å². The van der Waals surface area contributed by atoms with Crippen LogP contribution in [-0.4, -0.2) is 6.10 Å². The van der Waals surface area contributed by atoms with Crippen LogP contribution in [0.15, 0.2) is 52.9 Å². The van der Waals surface area contributed by atoms with Crippen LogP contribution in [0.2, 0.25) is 0 Å². The van der Waals surface area contributed by atoms with Crippen LogP contribution >= 0.6 is 0 Å². The van der Waals surface area contributed by atoms with Crippen molar-refractivity contribution in [2.24, 2.45) is 5.92 Å². The summed E-state index contributed by atoms with van der Waals surface area (Å²) >= 11 is 0. The van der Waals surface area contributed by atoms with E-state index in [2.05, 4.69) is 13.8 Å². The highest BCUT2D eigenvalue weighted by molar-refractivity contribution is 6.06. The molecule has 0 N–H and O–H groups in total. The second kappa shape index (κ2) is 9.17. The molecule has 4 heteroatoms. The van der Waals surface area contributed by atoms with Crippen molar-refractivity contribution in [3.05, 3.63) is 65.7 Å². The summed E-state index contributed by atoms with van der Waals surface area (Å²) in [6.45, 7) is 4.32. The lowest BCUT2D eigenvalue weighted by atomic mass is 10.0. The maximum absolute atomic E-state index is 15.5. The molecular weight excluding hydrogens is 418 g/mol. The third kappa shape index (κ3) is 4.12. The zero-order valence-corrected chi connectivity index (χ0v) is 19.3. The number of benzene rings is 3. The van der Waals surface area contributed by atoms with Crippen molar-refractivity contribution in [2.45, 2.75) is 64.9 Å². The number of ether oxygens (including phenoxy) is 1. The Balaban J connectivity index is 1.48. The molecule has 1 aliphatic rings. The lowest BCUT2D eigenvalue weighted by Crippen LogP contribution is -2.13. The molecule has 1 aromatic heterocycles. The molecule has 4 aromatic rings. The van der Waals surface area contributed by atoms with Crippen LogP contribution in [0.1, 0.15) is 57.9 Å². The van der Waals surface area contributed by atoms with Crippen LogP contribution in [0.25, 0.3) is 33.1 Å². The first-order chi connectivity index (χ1) is 16.1. The molecule has 3 aromatic carbocycles. The second-order valence-electron chi connectivity index (χ2n) is 9.31. The van der Waals surface area contributed by atoms with Gasteiger partial charge in [-0.1, -0.05) is 63.4 Å². The zero-order valence-electron chi connectivity index (χ0n) is 19.3. The predicted octanol–water partition coefficient (Wildman–Crippen LogP) is 8.83. The van der Waals surface area contributed by atoms with Crippen LogP contribution in [0, 0.1) is 17.6 Å². The Morgan fingerprint density at radius 1 is 0.848 bits per heavy atom. The molecule has 0 bridgehead atoms. The Hall–Kier alpha value is -2.88. The first-order valence-electron chi connectivity index (χ1n) is 12.2. The van der Waals surface area contributed by atoms with E-state index in [4.69, 9.17) is 9.15 Å². The SMILES string of the molecule is CCCc1ccc(-c2ccc3c(oc4c(F)c(OC5CCC(CCC)C5)ccc43)c2F)cc1. The van der Waals surface area contributed by atoms with E-state index < -0.39 is 11.6 Å². The van der Waals surface area contributed by atoms with Crippen molar-refractivity contribution in [2.75, 3.05) is 0 Å². The Kier molecular flexibility index (Phi) is 6.09. The van der Waals surface area contributed by atoms with Crippen LogP contribution in [0.5, 0.6) is 5.75 Å². The summed E-state index contributed by atoms with van der Waals surface area (Å²) in [4.78, 5) is 0. The van der Waals surface area contributed by atoms with E-state index in [9.17, 15) is 0 Å². The molecule has 5 rings (SSSR count). The van der Waals surface area contributed by atoms with Gasteiger partial charge in [0.05, 0.1) is 6.10 Å². The number of aryl methyl sites for hydroxylation is 1. The highest BCUT2D eigenvalue weighted by Crippen LogP contribution is 2.40. The minimum absolute atomic E-state index is 0.0249. The molecule has 2 atom stereocenters. The fourth-order valence-electron chi connectivity index (χ4n) is 5.26. The van der Waals surface area contributed by atoms with Gasteiger partial charge in [-0.25, -0.2) is 4.39 Å². The van der Waals surface area contributed by atoms with Crippen molar-refractivity contribution in [3.63, 3.8) is 0 Å². The molecule has 0 amide bonds. The van der Waals surface area contributed by atoms with E-state index in [1.165, 1.54) is 12.0 Å². The zero-order chi connectivity index (χ0) is 22.9. The van der Waals surface area contributed by atoms with E-state index in [0.29, 0.717) is 22.3 Å². The molecule has 0 spiro atoms. The maximum atomic E-state index is 15.5. The first kappa shape index (κ1) is 21.9. The fourth-order valence-corrected chi connectivity index (χ4v) is 5.26. The topological polar surface area (TPSA) is 22.4 Å². The second-order valence-corrected chi connectivity index (χ2v) is 9.31. The Bertz CT molecular complexity index is 1270. The molecule has 1 heterocycles. The predicted molar refractivity (Wildman–Crippen MR) is 130 cm³/mol. The molecule has 1 aliphatic carbocycles. The molecule has 0 saturated heterocycles. The highest BCUT2D eigenvalue weighted by Gasteiger charge is 2.27. The minimum Gasteiger partial charge on any atom is -0.487 e. The van der Waals surface area contributed by atoms with Crippen molar-refractivity contribution in [1.82, 2.24) is 0 Å². The summed E-state index contributed by atoms with van der Waals surface area (Å²) in [5.74, 6) is -0.170. The first-order valence-corrected chi connectivity index (χ1v) is 12.2. The molecule has 33 heavy (non-hydrogen) atoms. The fraction of sp³-hybridized carbons (Fsp3) is 0.379. The van der Waals surface area contributed by atoms with E-state index in [1.54, 1.807) is 18.2 Å². The molecule has 2 unspecified atom stereocenters. The molecule has 1 fully saturated rings. The number of fused-ring (bicyclic) bond motifs is 3. The average Bonchev–Trinajstić information content (AvgIpc) is 3.42. The summed E-state index contributed by atoms with van der Waals surface area (Å²) in [6.07, 6.45) is 7.46. The molecule has 0 radical (unpaired) electrons. The highest BCUT2D eigenvalue weighted by atomic mass is 19.1. The van der Waals surface area contributed by atoms with Crippen molar-refractivity contribution >= 4 is 21.9 Å². The van der Waals surface area contributed by atoms with Gasteiger partial charge >= 0.3 is 0 Å². The number of furan rings is 1. The van der Waals surface area contributed by atoms with Crippen LogP contribution in [0.4, 0.5) is 8.78 Å². The Morgan fingerprint density at radius 3 is 2.30 bits per heavy atom. The molecule has 1 saturated carbocycles. The molecule has 172 valence electrons. The molecular formula is C29H30F2O2. The normalized spacial score (nSPS) is 18.4. The van der Waals surface area contributed by atoms with Gasteiger partial charge in [-0.15, -0.1) is 0 Å². The quantitative estimate of drug-likeness (QED) is 0.282.